The Morgan fingerprint density at radius 3 is 2.51 bits per heavy atom. The molecule has 2 aromatic carbocycles. The van der Waals surface area contributed by atoms with E-state index in [4.69, 9.17) is 9.47 Å². The molecular formula is C29H45Cl2N3O5. The van der Waals surface area contributed by atoms with Crippen molar-refractivity contribution in [3.05, 3.63) is 57.1 Å². The number of phenols is 1. The van der Waals surface area contributed by atoms with Gasteiger partial charge in [0.2, 0.25) is 0 Å². The third-order valence-electron chi connectivity index (χ3n) is 7.33. The summed E-state index contributed by atoms with van der Waals surface area (Å²) in [5, 5.41) is 24.0. The van der Waals surface area contributed by atoms with Crippen molar-refractivity contribution < 1.29 is 19.5 Å². The minimum atomic E-state index is -0.546. The molecule has 1 atom stereocenters. The molecular weight excluding hydrogens is 541 g/mol. The van der Waals surface area contributed by atoms with Gasteiger partial charge in [-0.1, -0.05) is 31.9 Å². The molecule has 0 aromatic heterocycles. The first-order valence-electron chi connectivity index (χ1n) is 13.6. The SMILES string of the molecule is CCCN(CCCCCCNCCc1ccc(O)c([N+](=O)[O-])c1)C1CCc2c(ccc(OC)c2OC)C1.Cl.Cl. The van der Waals surface area contributed by atoms with Crippen LogP contribution in [-0.4, -0.2) is 61.4 Å². The van der Waals surface area contributed by atoms with Gasteiger partial charge in [-0.3, -0.25) is 10.1 Å². The molecule has 8 nitrogen and oxygen atoms in total. The number of nitro benzene ring substituents is 1. The average Bonchev–Trinajstić information content (AvgIpc) is 2.91. The lowest BCUT2D eigenvalue weighted by Gasteiger charge is -2.36. The summed E-state index contributed by atoms with van der Waals surface area (Å²) in [5.74, 6) is 1.44. The Labute approximate surface area is 245 Å². The van der Waals surface area contributed by atoms with E-state index in [2.05, 4.69) is 23.2 Å². The number of hydrogen-bond donors (Lipinski definition) is 2. The van der Waals surface area contributed by atoms with Gasteiger partial charge >= 0.3 is 5.69 Å². The van der Waals surface area contributed by atoms with Crippen LogP contribution in [0.5, 0.6) is 17.2 Å². The summed E-state index contributed by atoms with van der Waals surface area (Å²) in [7, 11) is 3.43. The number of methoxy groups -OCH3 is 2. The second-order valence-electron chi connectivity index (χ2n) is 9.87. The van der Waals surface area contributed by atoms with Gasteiger partial charge in [-0.2, -0.15) is 0 Å². The molecule has 10 heteroatoms. The van der Waals surface area contributed by atoms with Crippen LogP contribution in [0.15, 0.2) is 30.3 Å². The Balaban J connectivity index is 0.00000380. The number of nitrogens with one attached hydrogen (secondary N) is 1. The molecule has 39 heavy (non-hydrogen) atoms. The second-order valence-corrected chi connectivity index (χ2v) is 9.87. The van der Waals surface area contributed by atoms with Crippen molar-refractivity contribution in [2.75, 3.05) is 40.4 Å². The molecule has 1 aliphatic carbocycles. The van der Waals surface area contributed by atoms with Crippen LogP contribution in [0.1, 0.15) is 62.1 Å². The van der Waals surface area contributed by atoms with E-state index < -0.39 is 4.92 Å². The lowest BCUT2D eigenvalue weighted by atomic mass is 9.86. The van der Waals surface area contributed by atoms with Gasteiger partial charge in [0.05, 0.1) is 19.1 Å². The summed E-state index contributed by atoms with van der Waals surface area (Å²) in [5.41, 5.74) is 3.33. The zero-order valence-electron chi connectivity index (χ0n) is 23.4. The molecule has 0 amide bonds. The predicted octanol–water partition coefficient (Wildman–Crippen LogP) is 6.12. The fraction of sp³-hybridized carbons (Fsp3) is 0.586. The van der Waals surface area contributed by atoms with Crippen LogP contribution >= 0.6 is 24.8 Å². The topological polar surface area (TPSA) is 97.1 Å². The monoisotopic (exact) mass is 585 g/mol. The first kappa shape index (κ1) is 34.8. The molecule has 0 aliphatic heterocycles. The van der Waals surface area contributed by atoms with Gasteiger partial charge in [-0.05, 0) is 94.4 Å². The van der Waals surface area contributed by atoms with Gasteiger partial charge in [0, 0.05) is 17.7 Å². The highest BCUT2D eigenvalue weighted by Crippen LogP contribution is 2.38. The van der Waals surface area contributed by atoms with Crippen LogP contribution in [0.25, 0.3) is 0 Å². The van der Waals surface area contributed by atoms with Crippen LogP contribution < -0.4 is 14.8 Å². The minimum Gasteiger partial charge on any atom is -0.502 e. The highest BCUT2D eigenvalue weighted by molar-refractivity contribution is 5.85. The van der Waals surface area contributed by atoms with E-state index in [9.17, 15) is 15.2 Å². The summed E-state index contributed by atoms with van der Waals surface area (Å²) in [6, 6.07) is 9.43. The van der Waals surface area contributed by atoms with Crippen LogP contribution in [0.2, 0.25) is 0 Å². The largest absolute Gasteiger partial charge is 0.502 e. The van der Waals surface area contributed by atoms with Crippen LogP contribution in [0.4, 0.5) is 5.69 Å². The molecule has 1 aliphatic rings. The lowest BCUT2D eigenvalue weighted by molar-refractivity contribution is -0.385. The zero-order chi connectivity index (χ0) is 26.6. The first-order chi connectivity index (χ1) is 18.0. The smallest absolute Gasteiger partial charge is 0.310 e. The average molecular weight is 587 g/mol. The summed E-state index contributed by atoms with van der Waals surface area (Å²) >= 11 is 0. The van der Waals surface area contributed by atoms with Crippen LogP contribution in [0.3, 0.4) is 0 Å². The zero-order valence-corrected chi connectivity index (χ0v) is 25.1. The van der Waals surface area contributed by atoms with Crippen molar-refractivity contribution in [2.45, 2.75) is 70.8 Å². The number of hydrogen-bond acceptors (Lipinski definition) is 7. The maximum absolute atomic E-state index is 11.0. The highest BCUT2D eigenvalue weighted by atomic mass is 35.5. The number of rotatable bonds is 16. The van der Waals surface area contributed by atoms with Crippen molar-refractivity contribution in [3.8, 4) is 17.2 Å². The highest BCUT2D eigenvalue weighted by Gasteiger charge is 2.27. The molecule has 0 bridgehead atoms. The number of phenolic OH excluding ortho intramolecular Hbond substituents is 1. The molecule has 2 N–H and O–H groups in total. The molecule has 220 valence electrons. The maximum atomic E-state index is 11.0. The fourth-order valence-electron chi connectivity index (χ4n) is 5.39. The molecule has 1 unspecified atom stereocenters. The van der Waals surface area contributed by atoms with Crippen molar-refractivity contribution in [3.63, 3.8) is 0 Å². The van der Waals surface area contributed by atoms with Gasteiger partial charge < -0.3 is 24.8 Å². The number of benzene rings is 2. The van der Waals surface area contributed by atoms with E-state index in [1.54, 1.807) is 20.3 Å². The lowest BCUT2D eigenvalue weighted by Crippen LogP contribution is -2.40. The second kappa shape index (κ2) is 18.2. The van der Waals surface area contributed by atoms with Crippen molar-refractivity contribution in [1.82, 2.24) is 10.2 Å². The number of nitro groups is 1. The van der Waals surface area contributed by atoms with Crippen molar-refractivity contribution in [1.29, 1.82) is 0 Å². The summed E-state index contributed by atoms with van der Waals surface area (Å²) in [4.78, 5) is 13.1. The molecule has 0 heterocycles. The Morgan fingerprint density at radius 1 is 1.05 bits per heavy atom. The quantitative estimate of drug-likeness (QED) is 0.139. The summed E-state index contributed by atoms with van der Waals surface area (Å²) in [6.45, 7) is 6.27. The number of unbranched alkanes of at least 4 members (excludes halogenated alkanes) is 3. The number of aromatic hydroxyl groups is 1. The minimum absolute atomic E-state index is 0. The van der Waals surface area contributed by atoms with E-state index >= 15 is 0 Å². The normalized spacial score (nSPS) is 14.2. The Bertz CT molecular complexity index is 1020. The van der Waals surface area contributed by atoms with Gasteiger partial charge in [-0.15, -0.1) is 24.8 Å². The molecule has 0 saturated heterocycles. The van der Waals surface area contributed by atoms with Gasteiger partial charge in [0.15, 0.2) is 17.2 Å². The van der Waals surface area contributed by atoms with Crippen molar-refractivity contribution in [2.24, 2.45) is 0 Å². The fourth-order valence-corrected chi connectivity index (χ4v) is 5.39. The Kier molecular flexibility index (Phi) is 16.2. The van der Waals surface area contributed by atoms with Gasteiger partial charge in [-0.25, -0.2) is 0 Å². The number of fused-ring (bicyclic) bond motifs is 1. The molecule has 3 rings (SSSR count). The molecule has 0 radical (unpaired) electrons. The summed E-state index contributed by atoms with van der Waals surface area (Å²) in [6.07, 6.45) is 9.90. The number of ether oxygens (including phenoxy) is 2. The molecule has 0 fully saturated rings. The predicted molar refractivity (Wildman–Crippen MR) is 162 cm³/mol. The third-order valence-corrected chi connectivity index (χ3v) is 7.33. The van der Waals surface area contributed by atoms with Gasteiger partial charge in [0.25, 0.3) is 0 Å². The first-order valence-corrected chi connectivity index (χ1v) is 13.6. The maximum Gasteiger partial charge on any atom is 0.310 e. The molecule has 0 spiro atoms. The third kappa shape index (κ3) is 10.0. The Morgan fingerprint density at radius 2 is 1.82 bits per heavy atom. The molecule has 2 aromatic rings. The van der Waals surface area contributed by atoms with E-state index in [0.717, 1.165) is 68.9 Å². The van der Waals surface area contributed by atoms with E-state index in [1.807, 2.05) is 6.07 Å². The molecule has 0 saturated carbocycles. The van der Waals surface area contributed by atoms with Gasteiger partial charge in [0.1, 0.15) is 0 Å². The number of nitrogens with zero attached hydrogens (tertiary/aromatic N) is 2. The standard InChI is InChI=1S/C29H43N3O5.2ClH/c1-4-18-31(24-11-12-25-23(21-24)10-14-28(36-2)29(25)37-3)19-8-6-5-7-16-30-17-15-22-9-13-27(33)26(20-22)32(34)35;;/h9-10,13-14,20,24,30,33H,4-8,11-12,15-19,21H2,1-3H3;2*1H. The van der Waals surface area contributed by atoms with Crippen LogP contribution in [0, 0.1) is 10.1 Å². The van der Waals surface area contributed by atoms with Crippen molar-refractivity contribution >= 4 is 30.5 Å². The van der Waals surface area contributed by atoms with Crippen LogP contribution in [-0.2, 0) is 19.3 Å². The van der Waals surface area contributed by atoms with E-state index in [1.165, 1.54) is 48.9 Å². The summed E-state index contributed by atoms with van der Waals surface area (Å²) < 4.78 is 11.2. The number of halogens is 2. The van der Waals surface area contributed by atoms with E-state index in [0.29, 0.717) is 12.5 Å². The van der Waals surface area contributed by atoms with E-state index in [-0.39, 0.29) is 36.3 Å². The Hall–Kier alpha value is -2.26.